The highest BCUT2D eigenvalue weighted by molar-refractivity contribution is 6.30. The third kappa shape index (κ3) is 3.80. The normalized spacial score (nSPS) is 18.6. The monoisotopic (exact) mass is 432 g/mol. The lowest BCUT2D eigenvalue weighted by Crippen LogP contribution is -2.50. The van der Waals surface area contributed by atoms with Crippen molar-refractivity contribution in [2.24, 2.45) is 0 Å². The van der Waals surface area contributed by atoms with Crippen molar-refractivity contribution in [1.29, 1.82) is 0 Å². The Hall–Kier alpha value is -3.20. The van der Waals surface area contributed by atoms with Crippen LogP contribution in [0.4, 0.5) is 21.5 Å². The second-order valence-electron chi connectivity index (χ2n) is 7.24. The minimum absolute atomic E-state index is 0.000333. The molecule has 2 aromatic carbocycles. The maximum absolute atomic E-state index is 13.5. The quantitative estimate of drug-likeness (QED) is 0.593. The molecule has 2 heterocycles. The number of amides is 2. The molecule has 0 aromatic heterocycles. The maximum atomic E-state index is 13.5. The van der Waals surface area contributed by atoms with Gasteiger partial charge in [-0.25, -0.2) is 4.39 Å². The molecule has 8 nitrogen and oxygen atoms in total. The molecule has 10 heteroatoms. The van der Waals surface area contributed by atoms with Crippen LogP contribution in [-0.2, 0) is 9.59 Å². The van der Waals surface area contributed by atoms with Crippen LogP contribution >= 0.6 is 11.6 Å². The van der Waals surface area contributed by atoms with Crippen LogP contribution in [0.5, 0.6) is 0 Å². The van der Waals surface area contributed by atoms with E-state index in [4.69, 9.17) is 11.6 Å². The number of anilines is 2. The van der Waals surface area contributed by atoms with E-state index in [-0.39, 0.29) is 28.9 Å². The van der Waals surface area contributed by atoms with Gasteiger partial charge in [0.15, 0.2) is 0 Å². The van der Waals surface area contributed by atoms with Gasteiger partial charge < -0.3 is 15.1 Å². The molecule has 1 saturated heterocycles. The molecular weight excluding hydrogens is 415 g/mol. The van der Waals surface area contributed by atoms with E-state index in [1.807, 2.05) is 4.90 Å². The Labute approximate surface area is 176 Å². The third-order valence-electron chi connectivity index (χ3n) is 5.42. The molecule has 1 N–H and O–H groups in total. The molecular formula is C20H18ClFN4O4. The first kappa shape index (κ1) is 20.1. The molecule has 2 amide bonds. The van der Waals surface area contributed by atoms with Crippen molar-refractivity contribution in [3.8, 4) is 0 Å². The fraction of sp³-hybridized carbons (Fsp3) is 0.300. The molecule has 0 bridgehead atoms. The minimum atomic E-state index is -0.675. The summed E-state index contributed by atoms with van der Waals surface area (Å²) in [6.07, 6.45) is 0.000333. The van der Waals surface area contributed by atoms with E-state index < -0.39 is 16.7 Å². The van der Waals surface area contributed by atoms with Crippen molar-refractivity contribution >= 4 is 40.5 Å². The SMILES string of the molecule is O=C1CC(C(=O)N2CCN(c3ccc(Cl)cc3[N+](=O)[O-])CC2)c2ccc(F)cc2N1. The van der Waals surface area contributed by atoms with Crippen LogP contribution in [0.1, 0.15) is 17.9 Å². The van der Waals surface area contributed by atoms with Gasteiger partial charge in [-0.15, -0.1) is 0 Å². The molecule has 1 fully saturated rings. The smallest absolute Gasteiger partial charge is 0.294 e. The number of benzene rings is 2. The molecule has 0 spiro atoms. The first-order chi connectivity index (χ1) is 14.3. The zero-order chi connectivity index (χ0) is 21.4. The fourth-order valence-corrected chi connectivity index (χ4v) is 4.12. The molecule has 4 rings (SSSR count). The van der Waals surface area contributed by atoms with Crippen LogP contribution < -0.4 is 10.2 Å². The van der Waals surface area contributed by atoms with E-state index >= 15 is 0 Å². The lowest BCUT2D eigenvalue weighted by Gasteiger charge is -2.38. The van der Waals surface area contributed by atoms with Crippen LogP contribution in [0, 0.1) is 15.9 Å². The molecule has 2 aliphatic heterocycles. The van der Waals surface area contributed by atoms with Crippen LogP contribution in [0.15, 0.2) is 36.4 Å². The second kappa shape index (κ2) is 7.91. The van der Waals surface area contributed by atoms with Gasteiger partial charge in [-0.3, -0.25) is 19.7 Å². The zero-order valence-electron chi connectivity index (χ0n) is 15.8. The van der Waals surface area contributed by atoms with Crippen molar-refractivity contribution in [1.82, 2.24) is 4.90 Å². The number of carbonyl (C=O) groups is 2. The van der Waals surface area contributed by atoms with Gasteiger partial charge in [0.25, 0.3) is 5.69 Å². The number of fused-ring (bicyclic) bond motifs is 1. The Morgan fingerprint density at radius 3 is 2.60 bits per heavy atom. The number of nitrogens with zero attached hydrogens (tertiary/aromatic N) is 3. The number of nitro groups is 1. The fourth-order valence-electron chi connectivity index (χ4n) is 3.96. The van der Waals surface area contributed by atoms with Gasteiger partial charge in [-0.05, 0) is 29.8 Å². The summed E-state index contributed by atoms with van der Waals surface area (Å²) in [5, 5.41) is 14.2. The summed E-state index contributed by atoms with van der Waals surface area (Å²) >= 11 is 5.88. The Morgan fingerprint density at radius 2 is 1.90 bits per heavy atom. The molecule has 2 aromatic rings. The van der Waals surface area contributed by atoms with Crippen LogP contribution in [0.2, 0.25) is 5.02 Å². The van der Waals surface area contributed by atoms with E-state index in [9.17, 15) is 24.1 Å². The third-order valence-corrected chi connectivity index (χ3v) is 5.65. The summed E-state index contributed by atoms with van der Waals surface area (Å²) in [7, 11) is 0. The highest BCUT2D eigenvalue weighted by Gasteiger charge is 2.35. The van der Waals surface area contributed by atoms with Crippen molar-refractivity contribution < 1.29 is 18.9 Å². The van der Waals surface area contributed by atoms with E-state index in [1.54, 1.807) is 17.0 Å². The molecule has 156 valence electrons. The predicted octanol–water partition coefficient (Wildman–Crippen LogP) is 3.16. The van der Waals surface area contributed by atoms with Crippen LogP contribution in [-0.4, -0.2) is 47.8 Å². The van der Waals surface area contributed by atoms with Gasteiger partial charge in [-0.2, -0.15) is 0 Å². The lowest BCUT2D eigenvalue weighted by atomic mass is 9.89. The van der Waals surface area contributed by atoms with Gasteiger partial charge in [-0.1, -0.05) is 17.7 Å². The van der Waals surface area contributed by atoms with Crippen molar-refractivity contribution in [3.63, 3.8) is 0 Å². The van der Waals surface area contributed by atoms with E-state index in [2.05, 4.69) is 5.32 Å². The largest absolute Gasteiger partial charge is 0.362 e. The number of carbonyl (C=O) groups excluding carboxylic acids is 2. The highest BCUT2D eigenvalue weighted by Crippen LogP contribution is 2.35. The molecule has 0 aliphatic carbocycles. The van der Waals surface area contributed by atoms with Crippen molar-refractivity contribution in [3.05, 3.63) is 62.9 Å². The Morgan fingerprint density at radius 1 is 1.17 bits per heavy atom. The Bertz CT molecular complexity index is 1040. The summed E-state index contributed by atoms with van der Waals surface area (Å²) in [5.74, 6) is -1.70. The van der Waals surface area contributed by atoms with E-state index in [1.165, 1.54) is 24.3 Å². The Kier molecular flexibility index (Phi) is 5.29. The minimum Gasteiger partial charge on any atom is -0.362 e. The molecule has 1 atom stereocenters. The molecule has 2 aliphatic rings. The highest BCUT2D eigenvalue weighted by atomic mass is 35.5. The van der Waals surface area contributed by atoms with Gasteiger partial charge in [0.05, 0.1) is 10.8 Å². The van der Waals surface area contributed by atoms with Crippen molar-refractivity contribution in [2.45, 2.75) is 12.3 Å². The standard InChI is InChI=1S/C20H18ClFN4O4/c21-12-1-4-17(18(9-12)26(29)30)24-5-7-25(8-6-24)20(28)15-11-19(27)23-16-10-13(22)2-3-14(15)16/h1-4,9-10,15H,5-8,11H2,(H,23,27). The average molecular weight is 433 g/mol. The lowest BCUT2D eigenvalue weighted by molar-refractivity contribution is -0.384. The van der Waals surface area contributed by atoms with Gasteiger partial charge in [0.2, 0.25) is 11.8 Å². The van der Waals surface area contributed by atoms with E-state index in [0.717, 1.165) is 0 Å². The molecule has 0 saturated carbocycles. The van der Waals surface area contributed by atoms with Gasteiger partial charge >= 0.3 is 0 Å². The first-order valence-electron chi connectivity index (χ1n) is 9.40. The van der Waals surface area contributed by atoms with Crippen LogP contribution in [0.3, 0.4) is 0 Å². The van der Waals surface area contributed by atoms with Crippen LogP contribution in [0.25, 0.3) is 0 Å². The number of halogens is 2. The van der Waals surface area contributed by atoms with Crippen molar-refractivity contribution in [2.75, 3.05) is 36.4 Å². The average Bonchev–Trinajstić information content (AvgIpc) is 2.72. The zero-order valence-corrected chi connectivity index (χ0v) is 16.6. The number of nitrogens with one attached hydrogen (secondary N) is 1. The molecule has 1 unspecified atom stereocenters. The number of rotatable bonds is 3. The predicted molar refractivity (Wildman–Crippen MR) is 109 cm³/mol. The van der Waals surface area contributed by atoms with Gasteiger partial charge in [0.1, 0.15) is 11.5 Å². The number of piperazine rings is 1. The summed E-state index contributed by atoms with van der Waals surface area (Å²) in [6.45, 7) is 1.52. The maximum Gasteiger partial charge on any atom is 0.294 e. The summed E-state index contributed by atoms with van der Waals surface area (Å²) in [4.78, 5) is 39.5. The number of hydrogen-bond acceptors (Lipinski definition) is 5. The van der Waals surface area contributed by atoms with Gasteiger partial charge in [0, 0.05) is 49.4 Å². The molecule has 30 heavy (non-hydrogen) atoms. The van der Waals surface area contributed by atoms with E-state index in [0.29, 0.717) is 43.1 Å². The number of hydrogen-bond donors (Lipinski definition) is 1. The summed E-state index contributed by atoms with van der Waals surface area (Å²) in [6, 6.07) is 8.52. The molecule has 0 radical (unpaired) electrons. The summed E-state index contributed by atoms with van der Waals surface area (Å²) < 4.78 is 13.5. The summed E-state index contributed by atoms with van der Waals surface area (Å²) in [5.41, 5.74) is 1.29. The first-order valence-corrected chi connectivity index (χ1v) is 9.78. The number of nitro benzene ring substituents is 1. The Balaban J connectivity index is 1.50. The second-order valence-corrected chi connectivity index (χ2v) is 7.68. The topological polar surface area (TPSA) is 95.8 Å².